The summed E-state index contributed by atoms with van der Waals surface area (Å²) in [7, 11) is 1.87. The first-order chi connectivity index (χ1) is 9.08. The Morgan fingerprint density at radius 2 is 1.89 bits per heavy atom. The van der Waals surface area contributed by atoms with Crippen LogP contribution in [0.4, 0.5) is 10.1 Å². The predicted molar refractivity (Wildman–Crippen MR) is 78.0 cm³/mol. The highest BCUT2D eigenvalue weighted by atomic mass is 79.9. The van der Waals surface area contributed by atoms with E-state index in [9.17, 15) is 9.18 Å². The van der Waals surface area contributed by atoms with Gasteiger partial charge in [-0.15, -0.1) is 0 Å². The monoisotopic (exact) mass is 321 g/mol. The van der Waals surface area contributed by atoms with Gasteiger partial charge in [0.15, 0.2) is 0 Å². The molecule has 4 heteroatoms. The standard InChI is InChI=1S/C15H13BrFNO/c1-18(9-11-2-4-13(16)5-3-11)15-7-12(10-19)6-14(17)8-15/h2-8,10H,9H2,1H3. The summed E-state index contributed by atoms with van der Waals surface area (Å²) in [5.41, 5.74) is 2.14. The Morgan fingerprint density at radius 1 is 1.21 bits per heavy atom. The van der Waals surface area contributed by atoms with Gasteiger partial charge in [-0.25, -0.2) is 4.39 Å². The Bertz CT molecular complexity index is 583. The molecular formula is C15H13BrFNO. The molecule has 98 valence electrons. The first-order valence-corrected chi connectivity index (χ1v) is 6.59. The molecule has 2 aromatic carbocycles. The Labute approximate surface area is 120 Å². The Hall–Kier alpha value is -1.68. The van der Waals surface area contributed by atoms with Gasteiger partial charge in [0.25, 0.3) is 0 Å². The highest BCUT2D eigenvalue weighted by molar-refractivity contribution is 9.10. The van der Waals surface area contributed by atoms with Gasteiger partial charge in [0, 0.05) is 29.3 Å². The molecule has 2 rings (SSSR count). The molecule has 0 fully saturated rings. The number of carbonyl (C=O) groups is 1. The summed E-state index contributed by atoms with van der Waals surface area (Å²) in [6.07, 6.45) is 0.653. The number of carbonyl (C=O) groups excluding carboxylic acids is 1. The van der Waals surface area contributed by atoms with Crippen LogP contribution in [0.1, 0.15) is 15.9 Å². The third kappa shape index (κ3) is 3.64. The van der Waals surface area contributed by atoms with Crippen LogP contribution in [0, 0.1) is 5.82 Å². The normalized spacial score (nSPS) is 10.3. The van der Waals surface area contributed by atoms with Crippen LogP contribution in [-0.4, -0.2) is 13.3 Å². The molecule has 0 aromatic heterocycles. The van der Waals surface area contributed by atoms with Gasteiger partial charge in [0.2, 0.25) is 0 Å². The van der Waals surface area contributed by atoms with Crippen molar-refractivity contribution >= 4 is 27.9 Å². The van der Waals surface area contributed by atoms with Crippen LogP contribution < -0.4 is 4.90 Å². The van der Waals surface area contributed by atoms with E-state index in [0.717, 1.165) is 10.0 Å². The van der Waals surface area contributed by atoms with Crippen LogP contribution in [0.5, 0.6) is 0 Å². The molecule has 2 aromatic rings. The van der Waals surface area contributed by atoms with Crippen molar-refractivity contribution < 1.29 is 9.18 Å². The van der Waals surface area contributed by atoms with E-state index in [-0.39, 0.29) is 0 Å². The lowest BCUT2D eigenvalue weighted by atomic mass is 10.1. The van der Waals surface area contributed by atoms with Crippen molar-refractivity contribution in [2.75, 3.05) is 11.9 Å². The largest absolute Gasteiger partial charge is 0.370 e. The van der Waals surface area contributed by atoms with Gasteiger partial charge < -0.3 is 4.90 Å². The van der Waals surface area contributed by atoms with Crippen molar-refractivity contribution in [3.63, 3.8) is 0 Å². The molecule has 0 aliphatic heterocycles. The molecule has 0 saturated heterocycles. The molecule has 2 nitrogen and oxygen atoms in total. The number of rotatable bonds is 4. The molecular weight excluding hydrogens is 309 g/mol. The summed E-state index contributed by atoms with van der Waals surface area (Å²) >= 11 is 3.38. The maximum absolute atomic E-state index is 13.4. The maximum Gasteiger partial charge on any atom is 0.150 e. The van der Waals surface area contributed by atoms with Crippen LogP contribution in [-0.2, 0) is 6.54 Å². The zero-order valence-corrected chi connectivity index (χ0v) is 12.0. The second-order valence-corrected chi connectivity index (χ2v) is 5.26. The molecule has 0 aliphatic rings. The van der Waals surface area contributed by atoms with Gasteiger partial charge in [-0.2, -0.15) is 0 Å². The first kappa shape index (κ1) is 13.7. The van der Waals surface area contributed by atoms with Crippen molar-refractivity contribution in [2.45, 2.75) is 6.54 Å². The van der Waals surface area contributed by atoms with E-state index in [1.54, 1.807) is 6.07 Å². The minimum atomic E-state index is -0.401. The highest BCUT2D eigenvalue weighted by Gasteiger charge is 2.06. The minimum absolute atomic E-state index is 0.345. The first-order valence-electron chi connectivity index (χ1n) is 5.80. The van der Waals surface area contributed by atoms with Gasteiger partial charge in [0.1, 0.15) is 12.1 Å². The van der Waals surface area contributed by atoms with Gasteiger partial charge in [0.05, 0.1) is 0 Å². The lowest BCUT2D eigenvalue weighted by Crippen LogP contribution is -2.16. The van der Waals surface area contributed by atoms with Crippen LogP contribution in [0.3, 0.4) is 0 Å². The summed E-state index contributed by atoms with van der Waals surface area (Å²) < 4.78 is 14.4. The smallest absolute Gasteiger partial charge is 0.150 e. The van der Waals surface area contributed by atoms with Crippen LogP contribution in [0.25, 0.3) is 0 Å². The molecule has 0 bridgehead atoms. The van der Waals surface area contributed by atoms with E-state index in [1.165, 1.54) is 12.1 Å². The number of nitrogens with zero attached hydrogens (tertiary/aromatic N) is 1. The molecule has 0 N–H and O–H groups in total. The van der Waals surface area contributed by atoms with Crippen molar-refractivity contribution in [3.05, 3.63) is 63.9 Å². The van der Waals surface area contributed by atoms with Crippen molar-refractivity contribution in [2.24, 2.45) is 0 Å². The molecule has 0 atom stereocenters. The van der Waals surface area contributed by atoms with E-state index in [1.807, 2.05) is 36.2 Å². The lowest BCUT2D eigenvalue weighted by Gasteiger charge is -2.20. The van der Waals surface area contributed by atoms with Crippen LogP contribution >= 0.6 is 15.9 Å². The van der Waals surface area contributed by atoms with E-state index >= 15 is 0 Å². The van der Waals surface area contributed by atoms with Crippen LogP contribution in [0.2, 0.25) is 0 Å². The molecule has 19 heavy (non-hydrogen) atoms. The Kier molecular flexibility index (Phi) is 4.32. The Balaban J connectivity index is 2.19. The third-order valence-corrected chi connectivity index (χ3v) is 3.34. The highest BCUT2D eigenvalue weighted by Crippen LogP contribution is 2.19. The quantitative estimate of drug-likeness (QED) is 0.792. The van der Waals surface area contributed by atoms with E-state index in [2.05, 4.69) is 15.9 Å². The molecule has 0 aliphatic carbocycles. The summed E-state index contributed by atoms with van der Waals surface area (Å²) in [6, 6.07) is 12.3. The molecule has 0 saturated carbocycles. The van der Waals surface area contributed by atoms with E-state index in [0.29, 0.717) is 24.1 Å². The average molecular weight is 322 g/mol. The van der Waals surface area contributed by atoms with E-state index in [4.69, 9.17) is 0 Å². The molecule has 0 spiro atoms. The van der Waals surface area contributed by atoms with Crippen molar-refractivity contribution in [1.29, 1.82) is 0 Å². The van der Waals surface area contributed by atoms with Crippen molar-refractivity contribution in [1.82, 2.24) is 0 Å². The number of halogens is 2. The SMILES string of the molecule is CN(Cc1ccc(Br)cc1)c1cc(F)cc(C=O)c1. The zero-order chi connectivity index (χ0) is 13.8. The van der Waals surface area contributed by atoms with Crippen molar-refractivity contribution in [3.8, 4) is 0 Å². The molecule has 0 heterocycles. The van der Waals surface area contributed by atoms with Crippen LogP contribution in [0.15, 0.2) is 46.9 Å². The Morgan fingerprint density at radius 3 is 2.53 bits per heavy atom. The molecule has 0 amide bonds. The van der Waals surface area contributed by atoms with Gasteiger partial charge >= 0.3 is 0 Å². The second-order valence-electron chi connectivity index (χ2n) is 4.34. The van der Waals surface area contributed by atoms with Gasteiger partial charge in [-0.05, 0) is 35.9 Å². The van der Waals surface area contributed by atoms with Gasteiger partial charge in [-0.3, -0.25) is 4.79 Å². The lowest BCUT2D eigenvalue weighted by molar-refractivity contribution is 0.112. The molecule has 0 radical (unpaired) electrons. The van der Waals surface area contributed by atoms with E-state index < -0.39 is 5.82 Å². The number of aldehydes is 1. The zero-order valence-electron chi connectivity index (χ0n) is 10.4. The average Bonchev–Trinajstić information content (AvgIpc) is 2.40. The predicted octanol–water partition coefficient (Wildman–Crippen LogP) is 4.04. The third-order valence-electron chi connectivity index (χ3n) is 2.81. The summed E-state index contributed by atoms with van der Waals surface area (Å²) in [5.74, 6) is -0.401. The summed E-state index contributed by atoms with van der Waals surface area (Å²) in [4.78, 5) is 12.6. The van der Waals surface area contributed by atoms with Gasteiger partial charge in [-0.1, -0.05) is 28.1 Å². The fourth-order valence-electron chi connectivity index (χ4n) is 1.84. The fourth-order valence-corrected chi connectivity index (χ4v) is 2.10. The maximum atomic E-state index is 13.4. The number of anilines is 1. The number of benzene rings is 2. The summed E-state index contributed by atoms with van der Waals surface area (Å²) in [5, 5.41) is 0. The number of hydrogen-bond donors (Lipinski definition) is 0. The fraction of sp³-hybridized carbons (Fsp3) is 0.133. The minimum Gasteiger partial charge on any atom is -0.370 e. The molecule has 0 unspecified atom stereocenters. The topological polar surface area (TPSA) is 20.3 Å². The number of hydrogen-bond acceptors (Lipinski definition) is 2. The second kappa shape index (κ2) is 5.97. The summed E-state index contributed by atoms with van der Waals surface area (Å²) in [6.45, 7) is 0.648.